The Kier molecular flexibility index (Phi) is 12.1. The molecule has 0 radical (unpaired) electrons. The molecule has 0 aliphatic heterocycles. The SMILES string of the molecule is COc1cc(C(=O)Nc2ccc(C(=O)NNC(=O)[C@H](OC(=O)c3ccccc3)[C@H](OC(=O)c3ccccc3)C(=O)O)cc2)cc(OC)c1OC. The van der Waals surface area contributed by atoms with E-state index in [2.05, 4.69) is 10.7 Å². The molecule has 0 aliphatic rings. The van der Waals surface area contributed by atoms with Gasteiger partial charge in [0.1, 0.15) is 0 Å². The Morgan fingerprint density at radius 1 is 0.560 bits per heavy atom. The molecule has 3 amide bonds. The average molecular weight is 686 g/mol. The molecule has 2 atom stereocenters. The second kappa shape index (κ2) is 16.8. The Morgan fingerprint density at radius 3 is 1.52 bits per heavy atom. The summed E-state index contributed by atoms with van der Waals surface area (Å²) < 4.78 is 26.1. The average Bonchev–Trinajstić information content (AvgIpc) is 3.14. The summed E-state index contributed by atoms with van der Waals surface area (Å²) in [6, 6.07) is 23.2. The van der Waals surface area contributed by atoms with E-state index in [0.29, 0.717) is 11.4 Å². The summed E-state index contributed by atoms with van der Waals surface area (Å²) in [5, 5.41) is 12.6. The van der Waals surface area contributed by atoms with E-state index in [4.69, 9.17) is 23.7 Å². The van der Waals surface area contributed by atoms with Crippen molar-refractivity contribution in [1.29, 1.82) is 0 Å². The van der Waals surface area contributed by atoms with Gasteiger partial charge in [0, 0.05) is 16.8 Å². The first-order valence-electron chi connectivity index (χ1n) is 14.6. The quantitative estimate of drug-likeness (QED) is 0.118. The molecule has 0 bridgehead atoms. The van der Waals surface area contributed by atoms with Crippen molar-refractivity contribution in [2.24, 2.45) is 0 Å². The minimum absolute atomic E-state index is 0.0132. The van der Waals surface area contributed by atoms with Crippen molar-refractivity contribution >= 4 is 41.3 Å². The molecular formula is C35H31N3O12. The van der Waals surface area contributed by atoms with E-state index in [1.54, 1.807) is 12.1 Å². The highest BCUT2D eigenvalue weighted by atomic mass is 16.6. The number of rotatable bonds is 13. The number of hydrogen-bond acceptors (Lipinski definition) is 11. The lowest BCUT2D eigenvalue weighted by molar-refractivity contribution is -0.159. The molecule has 15 heteroatoms. The third-order valence-corrected chi connectivity index (χ3v) is 6.89. The van der Waals surface area contributed by atoms with Gasteiger partial charge in [-0.2, -0.15) is 0 Å². The van der Waals surface area contributed by atoms with Crippen LogP contribution in [0.2, 0.25) is 0 Å². The van der Waals surface area contributed by atoms with Gasteiger partial charge < -0.3 is 34.1 Å². The number of anilines is 1. The van der Waals surface area contributed by atoms with E-state index in [-0.39, 0.29) is 33.8 Å². The molecule has 0 aliphatic carbocycles. The van der Waals surface area contributed by atoms with Crippen molar-refractivity contribution in [3.8, 4) is 17.2 Å². The monoisotopic (exact) mass is 685 g/mol. The second-order valence-electron chi connectivity index (χ2n) is 10.1. The Hall–Kier alpha value is -6.90. The van der Waals surface area contributed by atoms with E-state index < -0.39 is 47.8 Å². The van der Waals surface area contributed by atoms with E-state index in [1.165, 1.54) is 106 Å². The van der Waals surface area contributed by atoms with Crippen LogP contribution in [0.15, 0.2) is 97.1 Å². The Balaban J connectivity index is 1.46. The van der Waals surface area contributed by atoms with Crippen LogP contribution in [0.3, 0.4) is 0 Å². The van der Waals surface area contributed by atoms with Crippen molar-refractivity contribution in [3.05, 3.63) is 119 Å². The highest BCUT2D eigenvalue weighted by Crippen LogP contribution is 2.38. The molecular weight excluding hydrogens is 654 g/mol. The lowest BCUT2D eigenvalue weighted by Crippen LogP contribution is -2.54. The minimum atomic E-state index is -2.30. The molecule has 4 rings (SSSR count). The summed E-state index contributed by atoms with van der Waals surface area (Å²) >= 11 is 0. The molecule has 0 unspecified atom stereocenters. The predicted octanol–water partition coefficient (Wildman–Crippen LogP) is 3.26. The van der Waals surface area contributed by atoms with Crippen molar-refractivity contribution in [2.45, 2.75) is 12.2 Å². The maximum atomic E-state index is 13.2. The van der Waals surface area contributed by atoms with E-state index in [9.17, 15) is 33.9 Å². The highest BCUT2D eigenvalue weighted by Gasteiger charge is 2.41. The first kappa shape index (κ1) is 35.9. The Labute approximate surface area is 285 Å². The zero-order valence-electron chi connectivity index (χ0n) is 26.8. The van der Waals surface area contributed by atoms with Gasteiger partial charge in [0.25, 0.3) is 17.7 Å². The molecule has 258 valence electrons. The summed E-state index contributed by atoms with van der Waals surface area (Å²) in [6.07, 6.45) is -4.54. The third-order valence-electron chi connectivity index (χ3n) is 6.89. The van der Waals surface area contributed by atoms with Crippen molar-refractivity contribution < 1.29 is 57.6 Å². The lowest BCUT2D eigenvalue weighted by Gasteiger charge is -2.23. The highest BCUT2D eigenvalue weighted by molar-refractivity contribution is 6.05. The molecule has 0 heterocycles. The van der Waals surface area contributed by atoms with Crippen molar-refractivity contribution in [1.82, 2.24) is 10.9 Å². The standard InChI is InChI=1S/C35H31N3O12/c1-46-25-18-23(19-26(47-2)27(25)48-3)30(39)36-24-16-14-20(15-17-24)31(40)37-38-32(41)28(49-34(44)21-10-6-4-7-11-21)29(33(42)43)50-35(45)22-12-8-5-9-13-22/h4-19,28-29H,1-3H3,(H,36,39)(H,37,40)(H,38,41)(H,42,43)/t28-,29+/m1/s1. The van der Waals surface area contributed by atoms with Crippen LogP contribution in [-0.4, -0.2) is 74.3 Å². The van der Waals surface area contributed by atoms with Crippen LogP contribution in [-0.2, 0) is 19.1 Å². The van der Waals surface area contributed by atoms with Crippen molar-refractivity contribution in [3.63, 3.8) is 0 Å². The summed E-state index contributed by atoms with van der Waals surface area (Å²) in [5.41, 5.74) is 4.58. The normalized spacial score (nSPS) is 11.5. The van der Waals surface area contributed by atoms with Crippen LogP contribution in [0.4, 0.5) is 5.69 Å². The lowest BCUT2D eigenvalue weighted by atomic mass is 10.1. The number of benzene rings is 4. The van der Waals surface area contributed by atoms with E-state index in [0.717, 1.165) is 0 Å². The number of ether oxygens (including phenoxy) is 5. The number of amides is 3. The minimum Gasteiger partial charge on any atom is -0.493 e. The van der Waals surface area contributed by atoms with Gasteiger partial charge in [-0.05, 0) is 60.7 Å². The van der Waals surface area contributed by atoms with E-state index >= 15 is 0 Å². The smallest absolute Gasteiger partial charge is 0.349 e. The fraction of sp³-hybridized carbons (Fsp3) is 0.143. The maximum absolute atomic E-state index is 13.2. The first-order chi connectivity index (χ1) is 24.1. The molecule has 4 N–H and O–H groups in total. The van der Waals surface area contributed by atoms with Crippen LogP contribution in [0.5, 0.6) is 17.2 Å². The van der Waals surface area contributed by atoms with Crippen molar-refractivity contribution in [2.75, 3.05) is 26.6 Å². The number of methoxy groups -OCH3 is 3. The van der Waals surface area contributed by atoms with Crippen LogP contribution in [0, 0.1) is 0 Å². The molecule has 0 fully saturated rings. The van der Waals surface area contributed by atoms with Gasteiger partial charge in [-0.15, -0.1) is 0 Å². The fourth-order valence-corrected chi connectivity index (χ4v) is 4.39. The largest absolute Gasteiger partial charge is 0.493 e. The van der Waals surface area contributed by atoms with Crippen LogP contribution in [0.1, 0.15) is 41.4 Å². The fourth-order valence-electron chi connectivity index (χ4n) is 4.39. The summed E-state index contributed by atoms with van der Waals surface area (Å²) in [5.74, 6) is -5.85. The van der Waals surface area contributed by atoms with Crippen LogP contribution in [0.25, 0.3) is 0 Å². The zero-order chi connectivity index (χ0) is 36.2. The predicted molar refractivity (Wildman–Crippen MR) is 175 cm³/mol. The van der Waals surface area contributed by atoms with Gasteiger partial charge >= 0.3 is 17.9 Å². The number of nitrogens with one attached hydrogen (secondary N) is 3. The zero-order valence-corrected chi connectivity index (χ0v) is 26.8. The molecule has 50 heavy (non-hydrogen) atoms. The molecule has 15 nitrogen and oxygen atoms in total. The number of carbonyl (C=O) groups is 6. The number of aliphatic carboxylic acids is 1. The summed E-state index contributed by atoms with van der Waals surface area (Å²) in [6.45, 7) is 0. The summed E-state index contributed by atoms with van der Waals surface area (Å²) in [7, 11) is 4.25. The van der Waals surface area contributed by atoms with Gasteiger partial charge in [0.2, 0.25) is 18.0 Å². The molecule has 0 saturated heterocycles. The molecule has 4 aromatic rings. The van der Waals surface area contributed by atoms with E-state index in [1.807, 2.05) is 5.43 Å². The van der Waals surface area contributed by atoms with Gasteiger partial charge in [-0.25, -0.2) is 14.4 Å². The molecule has 0 aromatic heterocycles. The van der Waals surface area contributed by atoms with Gasteiger partial charge in [0.05, 0.1) is 32.5 Å². The molecule has 0 saturated carbocycles. The number of esters is 2. The molecule has 4 aromatic carbocycles. The number of hydrazine groups is 1. The number of carbonyl (C=O) groups excluding carboxylic acids is 5. The molecule has 0 spiro atoms. The second-order valence-corrected chi connectivity index (χ2v) is 10.1. The van der Waals surface area contributed by atoms with Gasteiger partial charge in [-0.1, -0.05) is 36.4 Å². The van der Waals surface area contributed by atoms with Gasteiger partial charge in [0.15, 0.2) is 11.5 Å². The van der Waals surface area contributed by atoms with Gasteiger partial charge in [-0.3, -0.25) is 25.2 Å². The van der Waals surface area contributed by atoms with Crippen LogP contribution < -0.4 is 30.4 Å². The third kappa shape index (κ3) is 8.92. The number of hydrogen-bond donors (Lipinski definition) is 4. The Morgan fingerprint density at radius 2 is 1.06 bits per heavy atom. The summed E-state index contributed by atoms with van der Waals surface area (Å²) in [4.78, 5) is 76.7. The number of carboxylic acids is 1. The number of carboxylic acid groups (broad SMARTS) is 1. The van der Waals surface area contributed by atoms with Crippen LogP contribution >= 0.6 is 0 Å². The topological polar surface area (TPSA) is 205 Å². The Bertz CT molecular complexity index is 1840. The first-order valence-corrected chi connectivity index (χ1v) is 14.6. The maximum Gasteiger partial charge on any atom is 0.349 e.